The molecule has 0 unspecified atom stereocenters. The standard InChI is InChI=1S/C7H15NOS/c1-7(9)6-10-5-4-8(2)3/h4-6H2,1-3H3. The van der Waals surface area contributed by atoms with Gasteiger partial charge in [-0.1, -0.05) is 0 Å². The van der Waals surface area contributed by atoms with Crippen molar-refractivity contribution in [1.82, 2.24) is 4.90 Å². The average molecular weight is 161 g/mol. The summed E-state index contributed by atoms with van der Waals surface area (Å²) in [7, 11) is 4.07. The summed E-state index contributed by atoms with van der Waals surface area (Å²) in [5, 5.41) is 0. The number of hydrogen-bond acceptors (Lipinski definition) is 3. The van der Waals surface area contributed by atoms with Crippen molar-refractivity contribution in [3.8, 4) is 0 Å². The Kier molecular flexibility index (Phi) is 5.73. The molecule has 0 bridgehead atoms. The van der Waals surface area contributed by atoms with Crippen LogP contribution in [0.15, 0.2) is 0 Å². The van der Waals surface area contributed by atoms with E-state index in [9.17, 15) is 4.79 Å². The van der Waals surface area contributed by atoms with E-state index in [1.165, 1.54) is 0 Å². The van der Waals surface area contributed by atoms with Crippen LogP contribution >= 0.6 is 11.8 Å². The molecular formula is C7H15NOS. The van der Waals surface area contributed by atoms with Crippen LogP contribution < -0.4 is 0 Å². The number of carbonyl (C=O) groups excluding carboxylic acids is 1. The van der Waals surface area contributed by atoms with E-state index >= 15 is 0 Å². The van der Waals surface area contributed by atoms with Gasteiger partial charge in [0.2, 0.25) is 0 Å². The van der Waals surface area contributed by atoms with E-state index in [4.69, 9.17) is 0 Å². The van der Waals surface area contributed by atoms with E-state index in [0.717, 1.165) is 12.3 Å². The fraction of sp³-hybridized carbons (Fsp3) is 0.857. The monoisotopic (exact) mass is 161 g/mol. The molecule has 0 saturated heterocycles. The van der Waals surface area contributed by atoms with E-state index in [1.807, 2.05) is 14.1 Å². The van der Waals surface area contributed by atoms with Gasteiger partial charge in [0.05, 0.1) is 5.75 Å². The summed E-state index contributed by atoms with van der Waals surface area (Å²) in [6.45, 7) is 2.68. The maximum atomic E-state index is 10.5. The average Bonchev–Trinajstić information content (AvgIpc) is 1.79. The van der Waals surface area contributed by atoms with Crippen molar-refractivity contribution in [1.29, 1.82) is 0 Å². The Hall–Kier alpha value is -0.0200. The first kappa shape index (κ1) is 9.98. The van der Waals surface area contributed by atoms with Gasteiger partial charge in [0.25, 0.3) is 0 Å². The third kappa shape index (κ3) is 7.98. The van der Waals surface area contributed by atoms with Crippen LogP contribution in [0.25, 0.3) is 0 Å². The first-order chi connectivity index (χ1) is 4.63. The fourth-order valence-electron chi connectivity index (χ4n) is 0.463. The SMILES string of the molecule is CC(=O)CSCCN(C)C. The van der Waals surface area contributed by atoms with Gasteiger partial charge < -0.3 is 4.90 Å². The lowest BCUT2D eigenvalue weighted by Crippen LogP contribution is -2.15. The van der Waals surface area contributed by atoms with E-state index in [2.05, 4.69) is 4.90 Å². The summed E-state index contributed by atoms with van der Waals surface area (Å²) in [5.41, 5.74) is 0. The Bertz CT molecular complexity index is 104. The van der Waals surface area contributed by atoms with E-state index in [-0.39, 0.29) is 5.78 Å². The van der Waals surface area contributed by atoms with Crippen LogP contribution in [0.4, 0.5) is 0 Å². The van der Waals surface area contributed by atoms with Crippen LogP contribution in [-0.2, 0) is 4.79 Å². The summed E-state index contributed by atoms with van der Waals surface area (Å²) in [6.07, 6.45) is 0. The van der Waals surface area contributed by atoms with Crippen LogP contribution in [-0.4, -0.2) is 42.8 Å². The highest BCUT2D eigenvalue weighted by Gasteiger charge is 1.93. The van der Waals surface area contributed by atoms with Crippen molar-refractivity contribution in [2.75, 3.05) is 32.1 Å². The molecule has 0 aliphatic carbocycles. The molecule has 0 rings (SSSR count). The minimum atomic E-state index is 0.267. The van der Waals surface area contributed by atoms with Gasteiger partial charge in [-0.3, -0.25) is 4.79 Å². The molecule has 0 fully saturated rings. The second-order valence-corrected chi connectivity index (χ2v) is 3.66. The highest BCUT2D eigenvalue weighted by Crippen LogP contribution is 1.98. The summed E-state index contributed by atoms with van der Waals surface area (Å²) >= 11 is 1.70. The molecule has 2 nitrogen and oxygen atoms in total. The number of ketones is 1. The van der Waals surface area contributed by atoms with Crippen molar-refractivity contribution in [2.45, 2.75) is 6.92 Å². The zero-order valence-corrected chi connectivity index (χ0v) is 7.70. The zero-order valence-electron chi connectivity index (χ0n) is 6.89. The molecule has 0 saturated carbocycles. The maximum absolute atomic E-state index is 10.5. The highest BCUT2D eigenvalue weighted by atomic mass is 32.2. The quantitative estimate of drug-likeness (QED) is 0.558. The van der Waals surface area contributed by atoms with E-state index in [0.29, 0.717) is 5.75 Å². The molecule has 0 N–H and O–H groups in total. The number of thioether (sulfide) groups is 1. The Labute approximate surface area is 67.0 Å². The molecule has 0 atom stereocenters. The highest BCUT2D eigenvalue weighted by molar-refractivity contribution is 7.99. The van der Waals surface area contributed by atoms with Crippen molar-refractivity contribution in [2.24, 2.45) is 0 Å². The Morgan fingerprint density at radius 3 is 2.50 bits per heavy atom. The molecule has 0 aromatic rings. The van der Waals surface area contributed by atoms with Gasteiger partial charge in [-0.05, 0) is 21.0 Å². The van der Waals surface area contributed by atoms with Crippen molar-refractivity contribution < 1.29 is 4.79 Å². The molecule has 60 valence electrons. The molecular weight excluding hydrogens is 146 g/mol. The number of Topliss-reactive ketones (excluding diaryl/α,β-unsaturated/α-hetero) is 1. The van der Waals surface area contributed by atoms with Gasteiger partial charge in [0.1, 0.15) is 5.78 Å². The van der Waals surface area contributed by atoms with Gasteiger partial charge >= 0.3 is 0 Å². The molecule has 10 heavy (non-hydrogen) atoms. The largest absolute Gasteiger partial charge is 0.309 e. The molecule has 0 spiro atoms. The van der Waals surface area contributed by atoms with Gasteiger partial charge in [0.15, 0.2) is 0 Å². The Morgan fingerprint density at radius 2 is 2.10 bits per heavy atom. The number of hydrogen-bond donors (Lipinski definition) is 0. The van der Waals surface area contributed by atoms with Crippen LogP contribution in [0.5, 0.6) is 0 Å². The van der Waals surface area contributed by atoms with Crippen molar-refractivity contribution >= 4 is 17.5 Å². The van der Waals surface area contributed by atoms with E-state index < -0.39 is 0 Å². The van der Waals surface area contributed by atoms with Crippen molar-refractivity contribution in [3.63, 3.8) is 0 Å². The third-order valence-corrected chi connectivity index (χ3v) is 2.07. The predicted molar refractivity (Wildman–Crippen MR) is 46.6 cm³/mol. The Morgan fingerprint density at radius 1 is 1.50 bits per heavy atom. The summed E-state index contributed by atoms with van der Waals surface area (Å²) in [4.78, 5) is 12.6. The first-order valence-electron chi connectivity index (χ1n) is 3.35. The maximum Gasteiger partial charge on any atom is 0.139 e. The van der Waals surface area contributed by atoms with Crippen LogP contribution in [0.2, 0.25) is 0 Å². The molecule has 0 amide bonds. The third-order valence-electron chi connectivity index (χ3n) is 0.988. The predicted octanol–water partition coefficient (Wildman–Crippen LogP) is 0.870. The number of carbonyl (C=O) groups is 1. The van der Waals surface area contributed by atoms with Gasteiger partial charge in [-0.2, -0.15) is 11.8 Å². The minimum Gasteiger partial charge on any atom is -0.309 e. The molecule has 3 heteroatoms. The lowest BCUT2D eigenvalue weighted by molar-refractivity contribution is -0.114. The fourth-order valence-corrected chi connectivity index (χ4v) is 1.39. The lowest BCUT2D eigenvalue weighted by atomic mass is 10.5. The molecule has 0 radical (unpaired) electrons. The normalized spacial score (nSPS) is 10.4. The van der Waals surface area contributed by atoms with Gasteiger partial charge in [-0.25, -0.2) is 0 Å². The second-order valence-electron chi connectivity index (χ2n) is 2.56. The molecule has 0 aliphatic rings. The van der Waals surface area contributed by atoms with E-state index in [1.54, 1.807) is 18.7 Å². The summed E-state index contributed by atoms with van der Waals surface area (Å²) in [5.74, 6) is 1.98. The van der Waals surface area contributed by atoms with Crippen LogP contribution in [0.3, 0.4) is 0 Å². The number of nitrogens with zero attached hydrogens (tertiary/aromatic N) is 1. The Balaban J connectivity index is 2.98. The molecule has 0 aromatic heterocycles. The second kappa shape index (κ2) is 5.74. The topological polar surface area (TPSA) is 20.3 Å². The number of rotatable bonds is 5. The summed E-state index contributed by atoms with van der Waals surface area (Å²) < 4.78 is 0. The smallest absolute Gasteiger partial charge is 0.139 e. The lowest BCUT2D eigenvalue weighted by Gasteiger charge is -2.07. The molecule has 0 heterocycles. The minimum absolute atomic E-state index is 0.267. The van der Waals surface area contributed by atoms with Crippen LogP contribution in [0.1, 0.15) is 6.92 Å². The van der Waals surface area contributed by atoms with Crippen LogP contribution in [0, 0.1) is 0 Å². The first-order valence-corrected chi connectivity index (χ1v) is 4.50. The van der Waals surface area contributed by atoms with Crippen molar-refractivity contribution in [3.05, 3.63) is 0 Å². The molecule has 0 aliphatic heterocycles. The zero-order chi connectivity index (χ0) is 7.98. The molecule has 0 aromatic carbocycles. The summed E-state index contributed by atoms with van der Waals surface area (Å²) in [6, 6.07) is 0. The van der Waals surface area contributed by atoms with Gasteiger partial charge in [-0.15, -0.1) is 0 Å². The van der Waals surface area contributed by atoms with Gasteiger partial charge in [0, 0.05) is 12.3 Å².